The zero-order valence-corrected chi connectivity index (χ0v) is 15.0. The van der Waals surface area contributed by atoms with Gasteiger partial charge >= 0.3 is 0 Å². The fourth-order valence-corrected chi connectivity index (χ4v) is 4.39. The minimum Gasteiger partial charge on any atom is -0.326 e. The molecule has 4 rings (SSSR count). The lowest BCUT2D eigenvalue weighted by atomic mass is 10.2. The fourth-order valence-electron chi connectivity index (χ4n) is 2.49. The van der Waals surface area contributed by atoms with Gasteiger partial charge in [0, 0.05) is 11.0 Å². The van der Waals surface area contributed by atoms with Crippen LogP contribution >= 0.6 is 39.0 Å². The molecule has 0 aliphatic rings. The van der Waals surface area contributed by atoms with Crippen molar-refractivity contribution in [2.75, 3.05) is 6.26 Å². The van der Waals surface area contributed by atoms with Gasteiger partial charge in [-0.3, -0.25) is 0 Å². The Kier molecular flexibility index (Phi) is 3.68. The third-order valence-corrected chi connectivity index (χ3v) is 6.04. The highest BCUT2D eigenvalue weighted by molar-refractivity contribution is 9.10. The minimum atomic E-state index is 0.815. The molecule has 3 nitrogen and oxygen atoms in total. The summed E-state index contributed by atoms with van der Waals surface area (Å²) in [6.45, 7) is 0.815. The Bertz CT molecular complexity index is 974. The van der Waals surface area contributed by atoms with E-state index in [4.69, 9.17) is 0 Å². The van der Waals surface area contributed by atoms with Crippen molar-refractivity contribution in [1.82, 2.24) is 14.5 Å². The molecule has 22 heavy (non-hydrogen) atoms. The average Bonchev–Trinajstić information content (AvgIpc) is 3.11. The van der Waals surface area contributed by atoms with Gasteiger partial charge < -0.3 is 4.57 Å². The summed E-state index contributed by atoms with van der Waals surface area (Å²) in [5.74, 6) is 0. The van der Waals surface area contributed by atoms with Crippen molar-refractivity contribution >= 4 is 60.3 Å². The molecule has 2 aromatic carbocycles. The van der Waals surface area contributed by atoms with Gasteiger partial charge in [0.2, 0.25) is 0 Å². The van der Waals surface area contributed by atoms with Gasteiger partial charge in [0.1, 0.15) is 0 Å². The lowest BCUT2D eigenvalue weighted by Crippen LogP contribution is -1.97. The minimum absolute atomic E-state index is 0.815. The number of hydrogen-bond acceptors (Lipinski definition) is 4. The number of thiazole rings is 1. The molecule has 0 saturated heterocycles. The summed E-state index contributed by atoms with van der Waals surface area (Å²) >= 11 is 6.98. The summed E-state index contributed by atoms with van der Waals surface area (Å²) in [6, 6.07) is 12.7. The van der Waals surface area contributed by atoms with Crippen molar-refractivity contribution in [3.05, 3.63) is 52.8 Å². The molecule has 0 aliphatic heterocycles. The Labute approximate surface area is 144 Å². The first-order chi connectivity index (χ1) is 10.7. The van der Waals surface area contributed by atoms with Crippen LogP contribution in [0.4, 0.5) is 0 Å². The summed E-state index contributed by atoms with van der Waals surface area (Å²) in [6.07, 6.45) is 3.97. The quantitative estimate of drug-likeness (QED) is 0.452. The van der Waals surface area contributed by atoms with E-state index in [0.29, 0.717) is 0 Å². The number of hydrogen-bond donors (Lipinski definition) is 0. The third kappa shape index (κ3) is 2.55. The van der Waals surface area contributed by atoms with Crippen LogP contribution in [0.25, 0.3) is 21.3 Å². The van der Waals surface area contributed by atoms with Crippen molar-refractivity contribution in [3.63, 3.8) is 0 Å². The van der Waals surface area contributed by atoms with Crippen molar-refractivity contribution < 1.29 is 0 Å². The summed E-state index contributed by atoms with van der Waals surface area (Å²) in [7, 11) is 0. The lowest BCUT2D eigenvalue weighted by molar-refractivity contribution is 0.825. The van der Waals surface area contributed by atoms with Crippen LogP contribution in [0.1, 0.15) is 5.56 Å². The molecule has 0 amide bonds. The molecular formula is C16H12BrN3S2. The van der Waals surface area contributed by atoms with E-state index in [0.717, 1.165) is 31.9 Å². The van der Waals surface area contributed by atoms with E-state index in [2.05, 4.69) is 61.0 Å². The highest BCUT2D eigenvalue weighted by atomic mass is 79.9. The van der Waals surface area contributed by atoms with E-state index < -0.39 is 0 Å². The van der Waals surface area contributed by atoms with Crippen LogP contribution in [0.2, 0.25) is 0 Å². The first-order valence-electron chi connectivity index (χ1n) is 6.77. The average molecular weight is 390 g/mol. The van der Waals surface area contributed by atoms with Gasteiger partial charge in [0.25, 0.3) is 0 Å². The van der Waals surface area contributed by atoms with E-state index in [9.17, 15) is 0 Å². The number of halogens is 1. The number of nitrogens with zero attached hydrogens (tertiary/aromatic N) is 3. The molecule has 2 aromatic heterocycles. The summed E-state index contributed by atoms with van der Waals surface area (Å²) in [4.78, 5) is 9.05. The predicted octanol–water partition coefficient (Wildman–Crippen LogP) is 5.18. The largest absolute Gasteiger partial charge is 0.326 e. The molecule has 6 heteroatoms. The second-order valence-corrected chi connectivity index (χ2v) is 7.99. The van der Waals surface area contributed by atoms with Crippen LogP contribution in [0.5, 0.6) is 0 Å². The predicted molar refractivity (Wildman–Crippen MR) is 97.9 cm³/mol. The van der Waals surface area contributed by atoms with Crippen LogP contribution in [0, 0.1) is 0 Å². The maximum absolute atomic E-state index is 4.59. The van der Waals surface area contributed by atoms with Crippen molar-refractivity contribution in [3.8, 4) is 0 Å². The number of benzene rings is 2. The Morgan fingerprint density at radius 1 is 1.18 bits per heavy atom. The van der Waals surface area contributed by atoms with E-state index in [1.807, 2.05) is 18.5 Å². The SMILES string of the molecule is CSc1nc2ccc(Cn3cnc4ccc(Br)cc43)cc2s1. The van der Waals surface area contributed by atoms with Crippen LogP contribution in [-0.4, -0.2) is 20.8 Å². The standard InChI is InChI=1S/C16H12BrN3S2/c1-21-16-19-13-4-2-10(6-15(13)22-16)8-20-9-18-12-5-3-11(17)7-14(12)20/h2-7,9H,8H2,1H3. The van der Waals surface area contributed by atoms with Gasteiger partial charge in [-0.25, -0.2) is 9.97 Å². The molecule has 0 spiro atoms. The molecule has 4 aromatic rings. The smallest absolute Gasteiger partial charge is 0.150 e. The molecule has 0 N–H and O–H groups in total. The van der Waals surface area contributed by atoms with Crippen LogP contribution < -0.4 is 0 Å². The Hall–Kier alpha value is -1.37. The van der Waals surface area contributed by atoms with Gasteiger partial charge in [-0.1, -0.05) is 33.8 Å². The fraction of sp³-hybridized carbons (Fsp3) is 0.125. The number of thioether (sulfide) groups is 1. The molecule has 0 aliphatic carbocycles. The summed E-state index contributed by atoms with van der Waals surface area (Å²) < 4.78 is 5.61. The van der Waals surface area contributed by atoms with Crippen molar-refractivity contribution in [2.24, 2.45) is 0 Å². The van der Waals surface area contributed by atoms with E-state index >= 15 is 0 Å². The molecule has 0 saturated carbocycles. The number of imidazole rings is 1. The molecule has 0 atom stereocenters. The highest BCUT2D eigenvalue weighted by Gasteiger charge is 2.07. The number of rotatable bonds is 3. The molecule has 110 valence electrons. The topological polar surface area (TPSA) is 30.7 Å². The normalized spacial score (nSPS) is 11.5. The van der Waals surface area contributed by atoms with Crippen molar-refractivity contribution in [1.29, 1.82) is 0 Å². The molecule has 0 radical (unpaired) electrons. The van der Waals surface area contributed by atoms with E-state index in [1.54, 1.807) is 23.1 Å². The number of aromatic nitrogens is 3. The lowest BCUT2D eigenvalue weighted by Gasteiger charge is -2.05. The second-order valence-electron chi connectivity index (χ2n) is 4.99. The zero-order chi connectivity index (χ0) is 15.1. The van der Waals surface area contributed by atoms with Crippen LogP contribution in [0.3, 0.4) is 0 Å². The molecule has 2 heterocycles. The molecule has 0 unspecified atom stereocenters. The molecule has 0 bridgehead atoms. The number of fused-ring (bicyclic) bond motifs is 2. The third-order valence-electron chi connectivity index (χ3n) is 3.54. The van der Waals surface area contributed by atoms with Crippen molar-refractivity contribution in [2.45, 2.75) is 10.9 Å². The second kappa shape index (κ2) is 5.68. The maximum Gasteiger partial charge on any atom is 0.150 e. The monoisotopic (exact) mass is 389 g/mol. The Morgan fingerprint density at radius 3 is 2.91 bits per heavy atom. The summed E-state index contributed by atoms with van der Waals surface area (Å²) in [5.41, 5.74) is 4.51. The van der Waals surface area contributed by atoms with E-state index in [1.165, 1.54) is 10.3 Å². The maximum atomic E-state index is 4.59. The van der Waals surface area contributed by atoms with Crippen LogP contribution in [0.15, 0.2) is 51.5 Å². The first kappa shape index (κ1) is 14.2. The molecule has 0 fully saturated rings. The van der Waals surface area contributed by atoms with Gasteiger partial charge in [-0.05, 0) is 42.2 Å². The van der Waals surface area contributed by atoms with E-state index in [-0.39, 0.29) is 0 Å². The summed E-state index contributed by atoms with van der Waals surface area (Å²) in [5, 5.41) is 0. The Balaban J connectivity index is 1.73. The molecular weight excluding hydrogens is 378 g/mol. The van der Waals surface area contributed by atoms with Crippen LogP contribution in [-0.2, 0) is 6.54 Å². The van der Waals surface area contributed by atoms with Gasteiger partial charge in [0.15, 0.2) is 4.34 Å². The van der Waals surface area contributed by atoms with Gasteiger partial charge in [-0.2, -0.15) is 0 Å². The van der Waals surface area contributed by atoms with Gasteiger partial charge in [-0.15, -0.1) is 11.3 Å². The Morgan fingerprint density at radius 2 is 2.05 bits per heavy atom. The highest BCUT2D eigenvalue weighted by Crippen LogP contribution is 2.29. The zero-order valence-electron chi connectivity index (χ0n) is 11.8. The first-order valence-corrected chi connectivity index (χ1v) is 9.60. The van der Waals surface area contributed by atoms with Gasteiger partial charge in [0.05, 0.1) is 27.6 Å².